The number of nitrogens with zero attached hydrogens (tertiary/aromatic N) is 3. The Hall–Kier alpha value is -1.44. The zero-order valence-corrected chi connectivity index (χ0v) is 16.8. The Labute approximate surface area is 157 Å². The van der Waals surface area contributed by atoms with E-state index in [9.17, 15) is 0 Å². The van der Waals surface area contributed by atoms with Crippen molar-refractivity contribution >= 4 is 28.6 Å². The first kappa shape index (κ1) is 18.4. The average Bonchev–Trinajstić information content (AvgIpc) is 3.33. The molecule has 0 bridgehead atoms. The van der Waals surface area contributed by atoms with Crippen LogP contribution in [0.3, 0.4) is 0 Å². The number of hydrogen-bond donors (Lipinski definition) is 1. The lowest BCUT2D eigenvalue weighted by Gasteiger charge is -2.21. The second kappa shape index (κ2) is 8.78. The number of ether oxygens (including phenoxy) is 1. The maximum atomic E-state index is 5.28. The van der Waals surface area contributed by atoms with Gasteiger partial charge in [0.15, 0.2) is 5.96 Å². The second-order valence-corrected chi connectivity index (χ2v) is 8.53. The van der Waals surface area contributed by atoms with E-state index in [0.29, 0.717) is 5.92 Å². The molecule has 0 saturated carbocycles. The highest BCUT2D eigenvalue weighted by molar-refractivity contribution is 7.16. The first-order chi connectivity index (χ1) is 12.2. The molecule has 3 rings (SSSR count). The van der Waals surface area contributed by atoms with Crippen LogP contribution in [0.1, 0.15) is 16.3 Å². The fourth-order valence-corrected chi connectivity index (χ4v) is 4.81. The Morgan fingerprint density at radius 3 is 3.08 bits per heavy atom. The Morgan fingerprint density at radius 2 is 2.36 bits per heavy atom. The molecule has 2 aromatic heterocycles. The van der Waals surface area contributed by atoms with Crippen LogP contribution in [0.15, 0.2) is 22.5 Å². The number of thiazole rings is 1. The molecule has 0 aromatic carbocycles. The van der Waals surface area contributed by atoms with E-state index in [4.69, 9.17) is 4.74 Å². The summed E-state index contributed by atoms with van der Waals surface area (Å²) in [6.45, 7) is 5.86. The van der Waals surface area contributed by atoms with Gasteiger partial charge in [-0.1, -0.05) is 0 Å². The standard InChI is InChI=1S/C18H26N4OS2/c1-13-21-16(12-24-13)17-5-4-15(25-17)6-8-20-18(19-2)22-9-7-14(10-22)11-23-3/h4-5,12,14H,6-11H2,1-3H3,(H,19,20). The third-order valence-electron chi connectivity index (χ3n) is 4.39. The molecule has 1 unspecified atom stereocenters. The van der Waals surface area contributed by atoms with Crippen molar-refractivity contribution < 1.29 is 4.74 Å². The van der Waals surface area contributed by atoms with Crippen LogP contribution in [-0.4, -0.2) is 56.2 Å². The van der Waals surface area contributed by atoms with Gasteiger partial charge in [-0.3, -0.25) is 4.99 Å². The van der Waals surface area contributed by atoms with E-state index in [1.807, 2.05) is 25.3 Å². The number of methoxy groups -OCH3 is 1. The van der Waals surface area contributed by atoms with Crippen LogP contribution >= 0.6 is 22.7 Å². The summed E-state index contributed by atoms with van der Waals surface area (Å²) in [6, 6.07) is 4.39. The molecule has 1 aliphatic heterocycles. The van der Waals surface area contributed by atoms with Gasteiger partial charge in [0.1, 0.15) is 0 Å². The number of aryl methyl sites for hydroxylation is 1. The predicted molar refractivity (Wildman–Crippen MR) is 107 cm³/mol. The van der Waals surface area contributed by atoms with Crippen LogP contribution in [0.5, 0.6) is 0 Å². The van der Waals surface area contributed by atoms with Gasteiger partial charge in [0, 0.05) is 50.0 Å². The largest absolute Gasteiger partial charge is 0.384 e. The first-order valence-electron chi connectivity index (χ1n) is 8.65. The van der Waals surface area contributed by atoms with Gasteiger partial charge in [-0.05, 0) is 31.9 Å². The molecule has 7 heteroatoms. The Morgan fingerprint density at radius 1 is 1.48 bits per heavy atom. The average molecular weight is 379 g/mol. The molecule has 0 spiro atoms. The molecular formula is C18H26N4OS2. The topological polar surface area (TPSA) is 49.8 Å². The van der Waals surface area contributed by atoms with E-state index in [0.717, 1.165) is 49.3 Å². The number of aliphatic imine (C=N–C) groups is 1. The van der Waals surface area contributed by atoms with Crippen molar-refractivity contribution in [3.05, 3.63) is 27.4 Å². The minimum absolute atomic E-state index is 0.616. The number of guanidine groups is 1. The molecule has 0 aliphatic carbocycles. The Kier molecular flexibility index (Phi) is 6.45. The van der Waals surface area contributed by atoms with Crippen LogP contribution < -0.4 is 5.32 Å². The summed E-state index contributed by atoms with van der Waals surface area (Å²) < 4.78 is 5.28. The number of rotatable bonds is 6. The summed E-state index contributed by atoms with van der Waals surface area (Å²) in [4.78, 5) is 14.0. The van der Waals surface area contributed by atoms with E-state index in [-0.39, 0.29) is 0 Å². The lowest BCUT2D eigenvalue weighted by Crippen LogP contribution is -2.41. The SMILES string of the molecule is CN=C(NCCc1ccc(-c2csc(C)n2)s1)N1CCC(COC)C1. The molecule has 25 heavy (non-hydrogen) atoms. The van der Waals surface area contributed by atoms with Gasteiger partial charge in [0.25, 0.3) is 0 Å². The normalized spacial score (nSPS) is 18.1. The summed E-state index contributed by atoms with van der Waals surface area (Å²) in [5, 5.41) is 6.76. The van der Waals surface area contributed by atoms with Crippen molar-refractivity contribution in [2.45, 2.75) is 19.8 Å². The molecule has 0 amide bonds. The molecule has 1 aliphatic rings. The maximum Gasteiger partial charge on any atom is 0.193 e. The summed E-state index contributed by atoms with van der Waals surface area (Å²) in [5.74, 6) is 1.62. The molecule has 0 radical (unpaired) electrons. The zero-order valence-electron chi connectivity index (χ0n) is 15.1. The van der Waals surface area contributed by atoms with Gasteiger partial charge in [-0.15, -0.1) is 22.7 Å². The molecule has 3 heterocycles. The highest BCUT2D eigenvalue weighted by Gasteiger charge is 2.24. The Balaban J connectivity index is 1.48. The van der Waals surface area contributed by atoms with Crippen molar-refractivity contribution in [2.75, 3.05) is 40.4 Å². The van der Waals surface area contributed by atoms with Crippen LogP contribution in [0.25, 0.3) is 10.6 Å². The van der Waals surface area contributed by atoms with Gasteiger partial charge in [-0.2, -0.15) is 0 Å². The van der Waals surface area contributed by atoms with E-state index in [1.165, 1.54) is 16.2 Å². The highest BCUT2D eigenvalue weighted by atomic mass is 32.1. The van der Waals surface area contributed by atoms with Crippen molar-refractivity contribution in [3.63, 3.8) is 0 Å². The second-order valence-electron chi connectivity index (χ2n) is 6.30. The number of nitrogens with one attached hydrogen (secondary N) is 1. The molecule has 1 atom stereocenters. The molecule has 136 valence electrons. The van der Waals surface area contributed by atoms with Gasteiger partial charge in [0.05, 0.1) is 22.2 Å². The fraction of sp³-hybridized carbons (Fsp3) is 0.556. The van der Waals surface area contributed by atoms with Crippen molar-refractivity contribution in [1.29, 1.82) is 0 Å². The maximum absolute atomic E-state index is 5.28. The van der Waals surface area contributed by atoms with Gasteiger partial charge < -0.3 is 15.0 Å². The fourth-order valence-electron chi connectivity index (χ4n) is 3.15. The van der Waals surface area contributed by atoms with Crippen molar-refractivity contribution in [3.8, 4) is 10.6 Å². The summed E-state index contributed by atoms with van der Waals surface area (Å²) in [6.07, 6.45) is 2.18. The van der Waals surface area contributed by atoms with Crippen LogP contribution in [-0.2, 0) is 11.2 Å². The first-order valence-corrected chi connectivity index (χ1v) is 10.3. The van der Waals surface area contributed by atoms with Crippen molar-refractivity contribution in [2.24, 2.45) is 10.9 Å². The molecule has 1 N–H and O–H groups in total. The van der Waals surface area contributed by atoms with E-state index in [2.05, 4.69) is 37.7 Å². The monoisotopic (exact) mass is 378 g/mol. The lowest BCUT2D eigenvalue weighted by molar-refractivity contribution is 0.157. The molecule has 2 aromatic rings. The molecule has 5 nitrogen and oxygen atoms in total. The minimum atomic E-state index is 0.616. The van der Waals surface area contributed by atoms with Gasteiger partial charge in [-0.25, -0.2) is 4.98 Å². The zero-order chi connectivity index (χ0) is 17.6. The van der Waals surface area contributed by atoms with Crippen LogP contribution in [0, 0.1) is 12.8 Å². The third-order valence-corrected chi connectivity index (χ3v) is 6.33. The van der Waals surface area contributed by atoms with E-state index < -0.39 is 0 Å². The smallest absolute Gasteiger partial charge is 0.193 e. The lowest BCUT2D eigenvalue weighted by atomic mass is 10.1. The van der Waals surface area contributed by atoms with Gasteiger partial charge in [0.2, 0.25) is 0 Å². The summed E-state index contributed by atoms with van der Waals surface area (Å²) in [5.41, 5.74) is 1.10. The molecular weight excluding hydrogens is 352 g/mol. The minimum Gasteiger partial charge on any atom is -0.384 e. The molecule has 1 saturated heterocycles. The van der Waals surface area contributed by atoms with Crippen LogP contribution in [0.4, 0.5) is 0 Å². The van der Waals surface area contributed by atoms with Crippen molar-refractivity contribution in [1.82, 2.24) is 15.2 Å². The van der Waals surface area contributed by atoms with Gasteiger partial charge >= 0.3 is 0 Å². The van der Waals surface area contributed by atoms with E-state index >= 15 is 0 Å². The number of hydrogen-bond acceptors (Lipinski definition) is 5. The number of aromatic nitrogens is 1. The predicted octanol–water partition coefficient (Wildman–Crippen LogP) is 3.27. The Bertz CT molecular complexity index is 710. The quantitative estimate of drug-likeness (QED) is 0.619. The summed E-state index contributed by atoms with van der Waals surface area (Å²) in [7, 11) is 3.64. The number of likely N-dealkylation sites (tertiary alicyclic amines) is 1. The van der Waals surface area contributed by atoms with Crippen LogP contribution in [0.2, 0.25) is 0 Å². The van der Waals surface area contributed by atoms with E-state index in [1.54, 1.807) is 18.4 Å². The highest BCUT2D eigenvalue weighted by Crippen LogP contribution is 2.29. The third kappa shape index (κ3) is 4.80. The number of thiophene rings is 1. The molecule has 1 fully saturated rings. The summed E-state index contributed by atoms with van der Waals surface area (Å²) >= 11 is 3.54.